The zero-order chi connectivity index (χ0) is 20.1. The first-order valence-corrected chi connectivity index (χ1v) is 9.52. The summed E-state index contributed by atoms with van der Waals surface area (Å²) in [4.78, 5) is 14.4. The number of aryl methyl sites for hydroxylation is 2. The summed E-state index contributed by atoms with van der Waals surface area (Å²) >= 11 is 0. The normalized spacial score (nSPS) is 11.9. The maximum atomic E-state index is 12.7. The molecule has 5 heteroatoms. The second kappa shape index (κ2) is 8.74. The zero-order valence-electron chi connectivity index (χ0n) is 16.9. The molecule has 28 heavy (non-hydrogen) atoms. The summed E-state index contributed by atoms with van der Waals surface area (Å²) in [6.45, 7) is 6.36. The monoisotopic (exact) mass is 377 g/mol. The Morgan fingerprint density at radius 2 is 1.79 bits per heavy atom. The summed E-state index contributed by atoms with van der Waals surface area (Å²) in [5.74, 6) is 0.809. The lowest BCUT2D eigenvalue weighted by molar-refractivity contribution is 0.203. The average molecular weight is 377 g/mol. The van der Waals surface area contributed by atoms with Gasteiger partial charge < -0.3 is 14.7 Å². The maximum absolute atomic E-state index is 12.7. The van der Waals surface area contributed by atoms with Crippen LogP contribution in [0.4, 0.5) is 4.79 Å². The van der Waals surface area contributed by atoms with Gasteiger partial charge in [0.15, 0.2) is 0 Å². The van der Waals surface area contributed by atoms with Gasteiger partial charge in [-0.25, -0.2) is 4.79 Å². The third kappa shape index (κ3) is 4.60. The van der Waals surface area contributed by atoms with Gasteiger partial charge in [0.25, 0.3) is 0 Å². The highest BCUT2D eigenvalue weighted by Gasteiger charge is 2.17. The molecule has 0 saturated heterocycles. The van der Waals surface area contributed by atoms with E-state index < -0.39 is 0 Å². The van der Waals surface area contributed by atoms with Crippen LogP contribution in [0.1, 0.15) is 29.5 Å². The maximum Gasteiger partial charge on any atom is 0.317 e. The lowest BCUT2D eigenvalue weighted by Crippen LogP contribution is -2.42. The lowest BCUT2D eigenvalue weighted by Gasteiger charge is -2.22. The fourth-order valence-electron chi connectivity index (χ4n) is 3.36. The van der Waals surface area contributed by atoms with Crippen molar-refractivity contribution in [2.45, 2.75) is 39.8 Å². The van der Waals surface area contributed by atoms with Gasteiger partial charge in [0.2, 0.25) is 0 Å². The summed E-state index contributed by atoms with van der Waals surface area (Å²) in [6, 6.07) is 18.3. The molecule has 0 fully saturated rings. The summed E-state index contributed by atoms with van der Waals surface area (Å²) in [7, 11) is 1.82. The molecule has 0 saturated carbocycles. The van der Waals surface area contributed by atoms with Crippen LogP contribution in [0.3, 0.4) is 0 Å². The molecule has 0 bridgehead atoms. The SMILES string of the molecule is Cc1noc(C)c1CC(C)NC(=O)N(C)Cc1ccccc1-c1ccccc1. The van der Waals surface area contributed by atoms with Crippen molar-refractivity contribution in [3.05, 3.63) is 77.2 Å². The summed E-state index contributed by atoms with van der Waals surface area (Å²) in [5.41, 5.74) is 5.35. The van der Waals surface area contributed by atoms with E-state index in [1.165, 1.54) is 0 Å². The molecule has 0 aliphatic carbocycles. The quantitative estimate of drug-likeness (QED) is 0.675. The van der Waals surface area contributed by atoms with Gasteiger partial charge in [0.05, 0.1) is 5.69 Å². The van der Waals surface area contributed by atoms with E-state index >= 15 is 0 Å². The average Bonchev–Trinajstić information content (AvgIpc) is 3.01. The van der Waals surface area contributed by atoms with Gasteiger partial charge >= 0.3 is 6.03 Å². The number of aromatic nitrogens is 1. The molecule has 3 rings (SSSR count). The van der Waals surface area contributed by atoms with Crippen LogP contribution >= 0.6 is 0 Å². The Kier molecular flexibility index (Phi) is 6.14. The van der Waals surface area contributed by atoms with E-state index in [9.17, 15) is 4.79 Å². The molecule has 1 heterocycles. The van der Waals surface area contributed by atoms with Gasteiger partial charge in [-0.3, -0.25) is 0 Å². The third-order valence-electron chi connectivity index (χ3n) is 4.92. The molecule has 0 aliphatic heterocycles. The highest BCUT2D eigenvalue weighted by Crippen LogP contribution is 2.24. The van der Waals surface area contributed by atoms with E-state index in [4.69, 9.17) is 4.52 Å². The van der Waals surface area contributed by atoms with Crippen LogP contribution in [0.2, 0.25) is 0 Å². The molecule has 1 N–H and O–H groups in total. The minimum Gasteiger partial charge on any atom is -0.361 e. The Labute approximate surface area is 166 Å². The molecule has 3 aromatic rings. The van der Waals surface area contributed by atoms with Crippen LogP contribution in [0.5, 0.6) is 0 Å². The molecule has 2 amide bonds. The van der Waals surface area contributed by atoms with Crippen molar-refractivity contribution in [2.24, 2.45) is 0 Å². The molecule has 0 spiro atoms. The van der Waals surface area contributed by atoms with Gasteiger partial charge in [0.1, 0.15) is 5.76 Å². The zero-order valence-corrected chi connectivity index (χ0v) is 16.9. The molecule has 1 atom stereocenters. The predicted octanol–water partition coefficient (Wildman–Crippen LogP) is 4.73. The Hall–Kier alpha value is -3.08. The van der Waals surface area contributed by atoms with Gasteiger partial charge in [-0.2, -0.15) is 0 Å². The minimum absolute atomic E-state index is 0.0175. The number of carbonyl (C=O) groups excluding carboxylic acids is 1. The van der Waals surface area contributed by atoms with Gasteiger partial charge in [0, 0.05) is 25.2 Å². The number of benzene rings is 2. The highest BCUT2D eigenvalue weighted by molar-refractivity contribution is 5.75. The first-order chi connectivity index (χ1) is 13.5. The number of rotatable bonds is 6. The number of hydrogen-bond acceptors (Lipinski definition) is 3. The molecule has 1 aromatic heterocycles. The Morgan fingerprint density at radius 1 is 1.11 bits per heavy atom. The number of nitrogens with zero attached hydrogens (tertiary/aromatic N) is 2. The Morgan fingerprint density at radius 3 is 2.46 bits per heavy atom. The van der Waals surface area contributed by atoms with Crippen molar-refractivity contribution in [1.29, 1.82) is 0 Å². The molecular weight excluding hydrogens is 350 g/mol. The first-order valence-electron chi connectivity index (χ1n) is 9.52. The Balaban J connectivity index is 1.65. The number of hydrogen-bond donors (Lipinski definition) is 1. The summed E-state index contributed by atoms with van der Waals surface area (Å²) < 4.78 is 5.21. The van der Waals surface area contributed by atoms with E-state index in [-0.39, 0.29) is 12.1 Å². The van der Waals surface area contributed by atoms with Crippen LogP contribution < -0.4 is 5.32 Å². The van der Waals surface area contributed by atoms with Crippen LogP contribution in [0.15, 0.2) is 59.1 Å². The van der Waals surface area contributed by atoms with E-state index in [0.29, 0.717) is 13.0 Å². The molecule has 146 valence electrons. The second-order valence-electron chi connectivity index (χ2n) is 7.24. The van der Waals surface area contributed by atoms with Crippen molar-refractivity contribution < 1.29 is 9.32 Å². The first kappa shape index (κ1) is 19.7. The smallest absolute Gasteiger partial charge is 0.317 e. The third-order valence-corrected chi connectivity index (χ3v) is 4.92. The van der Waals surface area contributed by atoms with Gasteiger partial charge in [-0.05, 0) is 43.9 Å². The molecule has 5 nitrogen and oxygen atoms in total. The fraction of sp³-hybridized carbons (Fsp3) is 0.304. The van der Waals surface area contributed by atoms with E-state index in [1.54, 1.807) is 4.90 Å². The number of nitrogens with one attached hydrogen (secondary N) is 1. The topological polar surface area (TPSA) is 58.4 Å². The molecule has 0 aliphatic rings. The highest BCUT2D eigenvalue weighted by atomic mass is 16.5. The molecular formula is C23H27N3O2. The van der Waals surface area contributed by atoms with Crippen molar-refractivity contribution >= 4 is 6.03 Å². The molecule has 0 radical (unpaired) electrons. The molecule has 1 unspecified atom stereocenters. The standard InChI is InChI=1S/C23H27N3O2/c1-16(14-22-17(2)25-28-18(22)3)24-23(27)26(4)15-20-12-8-9-13-21(20)19-10-6-5-7-11-19/h5-13,16H,14-15H2,1-4H3,(H,24,27). The van der Waals surface area contributed by atoms with Crippen LogP contribution in [-0.4, -0.2) is 29.2 Å². The van der Waals surface area contributed by atoms with Crippen molar-refractivity contribution in [2.75, 3.05) is 7.05 Å². The number of carbonyl (C=O) groups is 1. The molecule has 2 aromatic carbocycles. The van der Waals surface area contributed by atoms with Gasteiger partial charge in [-0.1, -0.05) is 59.8 Å². The fourth-order valence-corrected chi connectivity index (χ4v) is 3.36. The predicted molar refractivity (Wildman–Crippen MR) is 111 cm³/mol. The van der Waals surface area contributed by atoms with E-state index in [2.05, 4.69) is 34.7 Å². The van der Waals surface area contributed by atoms with Crippen molar-refractivity contribution in [3.8, 4) is 11.1 Å². The second-order valence-corrected chi connectivity index (χ2v) is 7.24. The van der Waals surface area contributed by atoms with Crippen molar-refractivity contribution in [3.63, 3.8) is 0 Å². The summed E-state index contributed by atoms with van der Waals surface area (Å²) in [6.07, 6.45) is 0.696. The Bertz CT molecular complexity index is 915. The number of amides is 2. The van der Waals surface area contributed by atoms with Crippen LogP contribution in [0, 0.1) is 13.8 Å². The van der Waals surface area contributed by atoms with E-state index in [1.807, 2.05) is 58.2 Å². The van der Waals surface area contributed by atoms with Crippen LogP contribution in [0.25, 0.3) is 11.1 Å². The van der Waals surface area contributed by atoms with Crippen LogP contribution in [-0.2, 0) is 13.0 Å². The van der Waals surface area contributed by atoms with E-state index in [0.717, 1.165) is 33.7 Å². The lowest BCUT2D eigenvalue weighted by atomic mass is 9.99. The number of urea groups is 1. The van der Waals surface area contributed by atoms with Gasteiger partial charge in [-0.15, -0.1) is 0 Å². The largest absolute Gasteiger partial charge is 0.361 e. The summed E-state index contributed by atoms with van der Waals surface area (Å²) in [5, 5.41) is 7.05. The minimum atomic E-state index is -0.0953. The van der Waals surface area contributed by atoms with Crippen molar-refractivity contribution in [1.82, 2.24) is 15.4 Å².